The van der Waals surface area contributed by atoms with Gasteiger partial charge < -0.3 is 0 Å². The maximum Gasteiger partial charge on any atom is 0.0858 e. The molecular formula is C15H14N4. The molecule has 4 rings (SSSR count). The van der Waals surface area contributed by atoms with Gasteiger partial charge in [-0.1, -0.05) is 23.4 Å². The first-order valence-corrected chi connectivity index (χ1v) is 6.62. The molecule has 4 nitrogen and oxygen atoms in total. The number of rotatable bonds is 3. The molecule has 0 unspecified atom stereocenters. The summed E-state index contributed by atoms with van der Waals surface area (Å²) in [5, 5.41) is 9.60. The molecule has 0 N–H and O–H groups in total. The molecule has 0 atom stereocenters. The highest BCUT2D eigenvalue weighted by Crippen LogP contribution is 2.38. The highest BCUT2D eigenvalue weighted by atomic mass is 15.4. The largest absolute Gasteiger partial charge is 0.256 e. The van der Waals surface area contributed by atoms with Gasteiger partial charge in [0.15, 0.2) is 0 Å². The van der Waals surface area contributed by atoms with E-state index in [2.05, 4.69) is 45.8 Å². The number of aromatic nitrogens is 4. The topological polar surface area (TPSA) is 43.6 Å². The summed E-state index contributed by atoms with van der Waals surface area (Å²) in [4.78, 5) is 4.38. The van der Waals surface area contributed by atoms with Crippen molar-refractivity contribution in [2.24, 2.45) is 0 Å². The monoisotopic (exact) mass is 250 g/mol. The van der Waals surface area contributed by atoms with Gasteiger partial charge in [-0.05, 0) is 30.5 Å². The summed E-state index contributed by atoms with van der Waals surface area (Å²) in [7, 11) is 0. The van der Waals surface area contributed by atoms with E-state index in [4.69, 9.17) is 0 Å². The van der Waals surface area contributed by atoms with Crippen molar-refractivity contribution in [1.29, 1.82) is 0 Å². The van der Waals surface area contributed by atoms with E-state index in [1.165, 1.54) is 23.8 Å². The minimum Gasteiger partial charge on any atom is -0.256 e. The van der Waals surface area contributed by atoms with Crippen LogP contribution in [-0.2, 0) is 6.54 Å². The minimum absolute atomic E-state index is 0.659. The van der Waals surface area contributed by atoms with Crippen LogP contribution < -0.4 is 0 Å². The molecule has 2 heterocycles. The Bertz CT molecular complexity index is 728. The third kappa shape index (κ3) is 2.10. The summed E-state index contributed by atoms with van der Waals surface area (Å²) in [5.41, 5.74) is 3.37. The van der Waals surface area contributed by atoms with E-state index in [0.717, 1.165) is 17.8 Å². The van der Waals surface area contributed by atoms with Gasteiger partial charge in [0.2, 0.25) is 0 Å². The average molecular weight is 250 g/mol. The van der Waals surface area contributed by atoms with Crippen molar-refractivity contribution >= 4 is 10.9 Å². The standard InChI is InChI=1S/C15H14N4/c1-2-12-4-3-11(8-14(12)16-7-1)9-19-10-15(17-18-19)13-5-6-13/h1-4,7-8,10,13H,5-6,9H2. The molecule has 1 aliphatic carbocycles. The van der Waals surface area contributed by atoms with Crippen molar-refractivity contribution in [1.82, 2.24) is 20.0 Å². The molecule has 0 spiro atoms. The Labute approximate surface area is 111 Å². The van der Waals surface area contributed by atoms with Gasteiger partial charge in [-0.25, -0.2) is 4.68 Å². The first-order chi connectivity index (χ1) is 9.38. The first kappa shape index (κ1) is 10.7. The zero-order chi connectivity index (χ0) is 12.7. The Morgan fingerprint density at radius 2 is 2.16 bits per heavy atom. The molecule has 4 heteroatoms. The Morgan fingerprint density at radius 1 is 1.21 bits per heavy atom. The maximum absolute atomic E-state index is 4.38. The zero-order valence-electron chi connectivity index (χ0n) is 10.5. The van der Waals surface area contributed by atoms with Crippen LogP contribution in [-0.4, -0.2) is 20.0 Å². The van der Waals surface area contributed by atoms with Crippen LogP contribution in [0.5, 0.6) is 0 Å². The third-order valence-electron chi connectivity index (χ3n) is 3.57. The van der Waals surface area contributed by atoms with Gasteiger partial charge in [-0.3, -0.25) is 4.98 Å². The van der Waals surface area contributed by atoms with Gasteiger partial charge in [-0.2, -0.15) is 0 Å². The number of pyridine rings is 1. The number of nitrogens with zero attached hydrogens (tertiary/aromatic N) is 4. The molecule has 1 aliphatic rings. The fraction of sp³-hybridized carbons (Fsp3) is 0.267. The van der Waals surface area contributed by atoms with Crippen molar-refractivity contribution in [3.8, 4) is 0 Å². The second kappa shape index (κ2) is 4.16. The highest BCUT2D eigenvalue weighted by molar-refractivity contribution is 5.78. The molecular weight excluding hydrogens is 236 g/mol. The van der Waals surface area contributed by atoms with Crippen molar-refractivity contribution < 1.29 is 0 Å². The lowest BCUT2D eigenvalue weighted by atomic mass is 10.1. The van der Waals surface area contributed by atoms with Crippen LogP contribution in [0.3, 0.4) is 0 Å². The van der Waals surface area contributed by atoms with E-state index in [0.29, 0.717) is 5.92 Å². The summed E-state index contributed by atoms with van der Waals surface area (Å²) in [6.45, 7) is 0.756. The van der Waals surface area contributed by atoms with Gasteiger partial charge in [-0.15, -0.1) is 5.10 Å². The second-order valence-electron chi connectivity index (χ2n) is 5.15. The molecule has 0 bridgehead atoms. The predicted molar refractivity (Wildman–Crippen MR) is 72.8 cm³/mol. The molecule has 0 radical (unpaired) electrons. The van der Waals surface area contributed by atoms with Crippen LogP contribution in [0.25, 0.3) is 10.9 Å². The molecule has 1 saturated carbocycles. The molecule has 94 valence electrons. The summed E-state index contributed by atoms with van der Waals surface area (Å²) in [5.74, 6) is 0.659. The van der Waals surface area contributed by atoms with Crippen molar-refractivity contribution in [2.45, 2.75) is 25.3 Å². The van der Waals surface area contributed by atoms with Crippen LogP contribution in [0.15, 0.2) is 42.7 Å². The number of benzene rings is 1. The summed E-state index contributed by atoms with van der Waals surface area (Å²) in [6.07, 6.45) is 6.42. The van der Waals surface area contributed by atoms with E-state index >= 15 is 0 Å². The van der Waals surface area contributed by atoms with Crippen LogP contribution in [0.4, 0.5) is 0 Å². The lowest BCUT2D eigenvalue weighted by Gasteiger charge is -2.02. The van der Waals surface area contributed by atoms with Gasteiger partial charge >= 0.3 is 0 Å². The fourth-order valence-corrected chi connectivity index (χ4v) is 2.35. The van der Waals surface area contributed by atoms with E-state index in [-0.39, 0.29) is 0 Å². The van der Waals surface area contributed by atoms with E-state index in [1.807, 2.05) is 16.9 Å². The van der Waals surface area contributed by atoms with Crippen LogP contribution >= 0.6 is 0 Å². The van der Waals surface area contributed by atoms with E-state index in [1.54, 1.807) is 0 Å². The van der Waals surface area contributed by atoms with Gasteiger partial charge in [0.1, 0.15) is 0 Å². The van der Waals surface area contributed by atoms with Gasteiger partial charge in [0, 0.05) is 23.7 Å². The number of hydrogen-bond acceptors (Lipinski definition) is 3. The minimum atomic E-state index is 0.659. The van der Waals surface area contributed by atoms with E-state index in [9.17, 15) is 0 Å². The smallest absolute Gasteiger partial charge is 0.0858 e. The Morgan fingerprint density at radius 3 is 3.05 bits per heavy atom. The SMILES string of the molecule is c1cnc2cc(Cn3cc(C4CC4)nn3)ccc2c1. The van der Waals surface area contributed by atoms with Gasteiger partial charge in [0.05, 0.1) is 17.8 Å². The molecule has 0 saturated heterocycles. The lowest BCUT2D eigenvalue weighted by Crippen LogP contribution is -2.00. The maximum atomic E-state index is 4.38. The first-order valence-electron chi connectivity index (χ1n) is 6.62. The lowest BCUT2D eigenvalue weighted by molar-refractivity contribution is 0.649. The highest BCUT2D eigenvalue weighted by Gasteiger charge is 2.26. The van der Waals surface area contributed by atoms with Crippen LogP contribution in [0.1, 0.15) is 30.0 Å². The quantitative estimate of drug-likeness (QED) is 0.718. The predicted octanol–water partition coefficient (Wildman–Crippen LogP) is 2.75. The van der Waals surface area contributed by atoms with Crippen molar-refractivity contribution in [2.75, 3.05) is 0 Å². The average Bonchev–Trinajstić information content (AvgIpc) is 3.20. The Balaban J connectivity index is 1.62. The molecule has 1 fully saturated rings. The second-order valence-corrected chi connectivity index (χ2v) is 5.15. The molecule has 0 amide bonds. The summed E-state index contributed by atoms with van der Waals surface area (Å²) >= 11 is 0. The molecule has 3 aromatic rings. The molecule has 1 aromatic carbocycles. The number of hydrogen-bond donors (Lipinski definition) is 0. The molecule has 19 heavy (non-hydrogen) atoms. The molecule has 2 aromatic heterocycles. The van der Waals surface area contributed by atoms with Crippen LogP contribution in [0, 0.1) is 0 Å². The third-order valence-corrected chi connectivity index (χ3v) is 3.57. The van der Waals surface area contributed by atoms with Gasteiger partial charge in [0.25, 0.3) is 0 Å². The Kier molecular flexibility index (Phi) is 2.33. The number of fused-ring (bicyclic) bond motifs is 1. The Hall–Kier alpha value is -2.23. The van der Waals surface area contributed by atoms with Crippen LogP contribution in [0.2, 0.25) is 0 Å². The summed E-state index contributed by atoms with van der Waals surface area (Å²) in [6, 6.07) is 10.4. The zero-order valence-corrected chi connectivity index (χ0v) is 10.5. The summed E-state index contributed by atoms with van der Waals surface area (Å²) < 4.78 is 1.91. The fourth-order valence-electron chi connectivity index (χ4n) is 2.35. The molecule has 0 aliphatic heterocycles. The van der Waals surface area contributed by atoms with Crippen molar-refractivity contribution in [3.05, 3.63) is 54.0 Å². The normalized spacial score (nSPS) is 14.9. The van der Waals surface area contributed by atoms with Crippen molar-refractivity contribution in [3.63, 3.8) is 0 Å². The van der Waals surface area contributed by atoms with E-state index < -0.39 is 0 Å².